The molecule has 0 spiro atoms. The van der Waals surface area contributed by atoms with Gasteiger partial charge in [0.1, 0.15) is 12.2 Å². The molecule has 6 heteroatoms. The van der Waals surface area contributed by atoms with Crippen molar-refractivity contribution in [3.63, 3.8) is 0 Å². The van der Waals surface area contributed by atoms with E-state index in [1.165, 1.54) is 167 Å². The molecule has 0 rings (SSSR count). The van der Waals surface area contributed by atoms with E-state index in [4.69, 9.17) is 0 Å². The van der Waals surface area contributed by atoms with Gasteiger partial charge in [-0.15, -0.1) is 0 Å². The van der Waals surface area contributed by atoms with E-state index in [0.717, 1.165) is 51.4 Å². The normalized spacial score (nSPS) is 14.3. The lowest BCUT2D eigenvalue weighted by Crippen LogP contribution is -2.53. The van der Waals surface area contributed by atoms with Gasteiger partial charge < -0.3 is 25.7 Å². The monoisotopic (exact) mass is 804 g/mol. The van der Waals surface area contributed by atoms with E-state index in [0.29, 0.717) is 19.3 Å². The quantitative estimate of drug-likeness (QED) is 0.0311. The van der Waals surface area contributed by atoms with E-state index in [-0.39, 0.29) is 0 Å². The number of carbonyl (C=O) groups excluding carboxylic acids is 1. The minimum absolute atomic E-state index is 0.352. The molecule has 1 amide bonds. The Labute approximate surface area is 354 Å². The zero-order valence-corrected chi connectivity index (χ0v) is 37.8. The van der Waals surface area contributed by atoms with Gasteiger partial charge in [-0.3, -0.25) is 4.79 Å². The van der Waals surface area contributed by atoms with Crippen molar-refractivity contribution in [1.29, 1.82) is 0 Å². The molecule has 57 heavy (non-hydrogen) atoms. The first kappa shape index (κ1) is 55.5. The highest BCUT2D eigenvalue weighted by molar-refractivity contribution is 5.80. The Balaban J connectivity index is 3.71. The second kappa shape index (κ2) is 45.6. The van der Waals surface area contributed by atoms with Gasteiger partial charge in [-0.1, -0.05) is 211 Å². The molecule has 0 aromatic rings. The smallest absolute Gasteiger partial charge is 0.249 e. The minimum Gasteiger partial charge on any atom is -0.394 e. The summed E-state index contributed by atoms with van der Waals surface area (Å²) in [6, 6.07) is -1.01. The Bertz CT molecular complexity index is 904. The average molecular weight is 804 g/mol. The lowest BCUT2D eigenvalue weighted by atomic mass is 10.00. The molecule has 0 saturated heterocycles. The summed E-state index contributed by atoms with van der Waals surface area (Å²) in [6.45, 7) is 4.03. The lowest BCUT2D eigenvalue weighted by molar-refractivity contribution is -0.132. The number of carbonyl (C=O) groups is 1. The van der Waals surface area contributed by atoms with E-state index in [1.807, 2.05) is 0 Å². The molecule has 4 atom stereocenters. The second-order valence-electron chi connectivity index (χ2n) is 17.1. The van der Waals surface area contributed by atoms with Crippen molar-refractivity contribution in [2.45, 2.75) is 276 Å². The molecule has 0 aliphatic rings. The number of rotatable bonds is 45. The molecule has 0 aromatic carbocycles. The van der Waals surface area contributed by atoms with Gasteiger partial charge in [-0.05, 0) is 77.0 Å². The van der Waals surface area contributed by atoms with Gasteiger partial charge in [-0.25, -0.2) is 0 Å². The summed E-state index contributed by atoms with van der Waals surface area (Å²) < 4.78 is 0. The Kier molecular flexibility index (Phi) is 44.4. The third kappa shape index (κ3) is 39.7. The number of amides is 1. The van der Waals surface area contributed by atoms with Crippen LogP contribution in [0.3, 0.4) is 0 Å². The Morgan fingerprint density at radius 1 is 0.421 bits per heavy atom. The first-order valence-corrected chi connectivity index (χ1v) is 24.9. The molecule has 336 valence electrons. The molecule has 0 aliphatic carbocycles. The van der Waals surface area contributed by atoms with E-state index in [2.05, 4.69) is 55.6 Å². The fraction of sp³-hybridized carbons (Fsp3) is 0.863. The van der Waals surface area contributed by atoms with E-state index >= 15 is 0 Å². The van der Waals surface area contributed by atoms with Crippen LogP contribution in [-0.2, 0) is 4.79 Å². The summed E-state index contributed by atoms with van der Waals surface area (Å²) in [7, 11) is 0. The average Bonchev–Trinajstić information content (AvgIpc) is 3.22. The molecule has 0 bridgehead atoms. The molecule has 0 radical (unpaired) electrons. The molecule has 5 N–H and O–H groups in total. The topological polar surface area (TPSA) is 110 Å². The Hall–Kier alpha value is -1.47. The predicted molar refractivity (Wildman–Crippen MR) is 247 cm³/mol. The van der Waals surface area contributed by atoms with Crippen LogP contribution in [0.4, 0.5) is 0 Å². The first-order chi connectivity index (χ1) is 28.0. The number of allylic oxidation sites excluding steroid dienone is 6. The number of hydrogen-bond donors (Lipinski definition) is 5. The van der Waals surface area contributed by atoms with Crippen molar-refractivity contribution in [2.24, 2.45) is 0 Å². The molecular formula is C51H97NO5. The van der Waals surface area contributed by atoms with Gasteiger partial charge in [0.15, 0.2) is 0 Å². The van der Waals surface area contributed by atoms with Crippen LogP contribution in [0, 0.1) is 0 Å². The lowest BCUT2D eigenvalue weighted by Gasteiger charge is -2.27. The molecule has 0 fully saturated rings. The van der Waals surface area contributed by atoms with Crippen LogP contribution in [0.2, 0.25) is 0 Å². The maximum Gasteiger partial charge on any atom is 0.249 e. The van der Waals surface area contributed by atoms with E-state index in [1.54, 1.807) is 0 Å². The van der Waals surface area contributed by atoms with Gasteiger partial charge in [0, 0.05) is 0 Å². The fourth-order valence-corrected chi connectivity index (χ4v) is 7.59. The van der Waals surface area contributed by atoms with Crippen LogP contribution >= 0.6 is 0 Å². The summed E-state index contributed by atoms with van der Waals surface area (Å²) in [5.41, 5.74) is 0. The predicted octanol–water partition coefficient (Wildman–Crippen LogP) is 13.7. The van der Waals surface area contributed by atoms with E-state index < -0.39 is 36.9 Å². The van der Waals surface area contributed by atoms with Crippen molar-refractivity contribution >= 4 is 5.91 Å². The number of unbranched alkanes of at least 4 members (excludes halogenated alkanes) is 30. The highest BCUT2D eigenvalue weighted by atomic mass is 16.3. The van der Waals surface area contributed by atoms with Gasteiger partial charge in [-0.2, -0.15) is 0 Å². The highest BCUT2D eigenvalue weighted by Gasteiger charge is 2.28. The zero-order valence-electron chi connectivity index (χ0n) is 37.8. The summed E-state index contributed by atoms with van der Waals surface area (Å²) in [6.07, 6.45) is 54.9. The van der Waals surface area contributed by atoms with Crippen molar-refractivity contribution in [3.8, 4) is 0 Å². The molecule has 0 heterocycles. The minimum atomic E-state index is -1.29. The standard InChI is InChI=1S/C51H97NO5/c1-3-5-7-9-11-13-15-17-19-20-21-22-23-24-25-26-27-28-29-30-31-33-34-36-38-40-42-44-48(54)50(56)47(46-53)52-51(57)49(55)45-43-41-39-37-35-32-18-16-14-12-10-8-6-4-2/h14,16,30-31,36,38,47-50,53-56H,3-13,15,17-29,32-35,37,39-46H2,1-2H3,(H,52,57)/b16-14-,31-30+,38-36+. The third-order valence-corrected chi connectivity index (χ3v) is 11.6. The maximum atomic E-state index is 12.5. The summed E-state index contributed by atoms with van der Waals surface area (Å²) in [4.78, 5) is 12.5. The van der Waals surface area contributed by atoms with Gasteiger partial charge in [0.2, 0.25) is 5.91 Å². The SMILES string of the molecule is CCCCCC/C=C\CCCCCCCCC(O)C(=O)NC(CO)C(O)C(O)CCC/C=C/CC/C=C/CCCCCCCCCCCCCCCCCCCC. The van der Waals surface area contributed by atoms with Crippen LogP contribution in [0.15, 0.2) is 36.5 Å². The first-order valence-electron chi connectivity index (χ1n) is 24.9. The van der Waals surface area contributed by atoms with Crippen LogP contribution in [0.5, 0.6) is 0 Å². The summed E-state index contributed by atoms with van der Waals surface area (Å²) >= 11 is 0. The molecule has 4 unspecified atom stereocenters. The van der Waals surface area contributed by atoms with Crippen LogP contribution in [-0.4, -0.2) is 57.3 Å². The molecule has 6 nitrogen and oxygen atoms in total. The third-order valence-electron chi connectivity index (χ3n) is 11.6. The number of nitrogens with one attached hydrogen (secondary N) is 1. The maximum absolute atomic E-state index is 12.5. The van der Waals surface area contributed by atoms with E-state index in [9.17, 15) is 25.2 Å². The number of aliphatic hydroxyl groups is 4. The van der Waals surface area contributed by atoms with Crippen molar-refractivity contribution in [1.82, 2.24) is 5.32 Å². The fourth-order valence-electron chi connectivity index (χ4n) is 7.59. The van der Waals surface area contributed by atoms with Crippen LogP contribution < -0.4 is 5.32 Å². The molecule has 0 aliphatic heterocycles. The van der Waals surface area contributed by atoms with Crippen molar-refractivity contribution in [3.05, 3.63) is 36.5 Å². The van der Waals surface area contributed by atoms with Gasteiger partial charge in [0.25, 0.3) is 0 Å². The molecule has 0 saturated carbocycles. The molecular weight excluding hydrogens is 707 g/mol. The zero-order chi connectivity index (χ0) is 41.7. The Morgan fingerprint density at radius 3 is 1.12 bits per heavy atom. The van der Waals surface area contributed by atoms with Crippen molar-refractivity contribution in [2.75, 3.05) is 6.61 Å². The number of aliphatic hydroxyl groups excluding tert-OH is 4. The summed E-state index contributed by atoms with van der Waals surface area (Å²) in [5, 5.41) is 43.7. The largest absolute Gasteiger partial charge is 0.394 e. The van der Waals surface area contributed by atoms with Gasteiger partial charge >= 0.3 is 0 Å². The Morgan fingerprint density at radius 2 is 0.737 bits per heavy atom. The second-order valence-corrected chi connectivity index (χ2v) is 17.1. The van der Waals surface area contributed by atoms with Crippen LogP contribution in [0.25, 0.3) is 0 Å². The van der Waals surface area contributed by atoms with Gasteiger partial charge in [0.05, 0.1) is 18.8 Å². The van der Waals surface area contributed by atoms with Crippen molar-refractivity contribution < 1.29 is 25.2 Å². The highest BCUT2D eigenvalue weighted by Crippen LogP contribution is 2.16. The number of hydrogen-bond acceptors (Lipinski definition) is 5. The summed E-state index contributed by atoms with van der Waals surface area (Å²) in [5.74, 6) is -0.603. The van der Waals surface area contributed by atoms with Crippen LogP contribution in [0.1, 0.15) is 251 Å². The molecule has 0 aromatic heterocycles.